The van der Waals surface area contributed by atoms with Crippen LogP contribution in [0.15, 0.2) is 11.8 Å². The van der Waals surface area contributed by atoms with Crippen LogP contribution in [0.1, 0.15) is 20.3 Å². The van der Waals surface area contributed by atoms with Crippen LogP contribution in [0, 0.1) is 0 Å². The summed E-state index contributed by atoms with van der Waals surface area (Å²) in [6.07, 6.45) is 1.18. The van der Waals surface area contributed by atoms with Gasteiger partial charge in [0, 0.05) is 6.42 Å². The third-order valence-electron chi connectivity index (χ3n) is 0.993. The van der Waals surface area contributed by atoms with Crippen LogP contribution < -0.4 is 0 Å². The zero-order valence-electron chi connectivity index (χ0n) is 6.46. The fourth-order valence-corrected chi connectivity index (χ4v) is 0.288. The molecule has 0 bridgehead atoms. The second-order valence-corrected chi connectivity index (χ2v) is 1.95. The minimum Gasteiger partial charge on any atom is -0.478 e. The number of hydrogen-bond acceptors (Lipinski definition) is 3. The maximum atomic E-state index is 10.5. The maximum absolute atomic E-state index is 10.5. The fourth-order valence-electron chi connectivity index (χ4n) is 0.288. The topological polar surface area (TPSA) is 63.6 Å². The Labute approximate surface area is 64.5 Å². The summed E-state index contributed by atoms with van der Waals surface area (Å²) in [5, 5.41) is 8.31. The van der Waals surface area contributed by atoms with E-state index in [9.17, 15) is 9.59 Å². The van der Waals surface area contributed by atoms with Crippen LogP contribution in [-0.4, -0.2) is 17.0 Å². The molecule has 0 aromatic carbocycles. The molecule has 0 aliphatic rings. The highest BCUT2D eigenvalue weighted by Gasteiger charge is 2.01. The van der Waals surface area contributed by atoms with Crippen LogP contribution in [0.25, 0.3) is 0 Å². The molecular formula is C7H10O4. The number of carbonyl (C=O) groups is 2. The molecule has 62 valence electrons. The van der Waals surface area contributed by atoms with Crippen molar-refractivity contribution in [1.29, 1.82) is 0 Å². The van der Waals surface area contributed by atoms with Crippen LogP contribution in [0.2, 0.25) is 0 Å². The van der Waals surface area contributed by atoms with Gasteiger partial charge in [0.05, 0.1) is 5.57 Å². The second-order valence-electron chi connectivity index (χ2n) is 1.95. The highest BCUT2D eigenvalue weighted by molar-refractivity contribution is 5.85. The third-order valence-corrected chi connectivity index (χ3v) is 0.993. The lowest BCUT2D eigenvalue weighted by atomic mass is 10.3. The van der Waals surface area contributed by atoms with Crippen molar-refractivity contribution in [3.63, 3.8) is 0 Å². The summed E-state index contributed by atoms with van der Waals surface area (Å²) in [4.78, 5) is 20.6. The molecule has 0 atom stereocenters. The Bertz CT molecular complexity index is 193. The first kappa shape index (κ1) is 9.68. The molecule has 0 radical (unpaired) electrons. The van der Waals surface area contributed by atoms with Gasteiger partial charge in [0.25, 0.3) is 0 Å². The maximum Gasteiger partial charge on any atom is 0.334 e. The molecule has 0 aromatic heterocycles. The van der Waals surface area contributed by atoms with Crippen molar-refractivity contribution in [3.8, 4) is 0 Å². The van der Waals surface area contributed by atoms with Crippen molar-refractivity contribution < 1.29 is 19.4 Å². The number of carboxylic acid groups (broad SMARTS) is 1. The van der Waals surface area contributed by atoms with E-state index in [0.29, 0.717) is 0 Å². The van der Waals surface area contributed by atoms with E-state index in [2.05, 4.69) is 4.74 Å². The van der Waals surface area contributed by atoms with E-state index in [1.807, 2.05) is 0 Å². The van der Waals surface area contributed by atoms with E-state index >= 15 is 0 Å². The summed E-state index contributed by atoms with van der Waals surface area (Å²) >= 11 is 0. The van der Waals surface area contributed by atoms with Gasteiger partial charge in [-0.15, -0.1) is 0 Å². The molecule has 0 amide bonds. The predicted octanol–water partition coefficient (Wildman–Crippen LogP) is 0.928. The second kappa shape index (κ2) is 4.49. The molecule has 0 rings (SSSR count). The summed E-state index contributed by atoms with van der Waals surface area (Å²) in [7, 11) is 0. The van der Waals surface area contributed by atoms with E-state index in [-0.39, 0.29) is 12.0 Å². The molecule has 11 heavy (non-hydrogen) atoms. The average Bonchev–Trinajstić information content (AvgIpc) is 1.99. The highest BCUT2D eigenvalue weighted by Crippen LogP contribution is 1.94. The van der Waals surface area contributed by atoms with Crippen molar-refractivity contribution in [3.05, 3.63) is 11.8 Å². The Morgan fingerprint density at radius 1 is 1.55 bits per heavy atom. The van der Waals surface area contributed by atoms with E-state index in [0.717, 1.165) is 6.26 Å². The first-order valence-electron chi connectivity index (χ1n) is 3.17. The van der Waals surface area contributed by atoms with Gasteiger partial charge in [0.2, 0.25) is 0 Å². The van der Waals surface area contributed by atoms with Gasteiger partial charge in [-0.05, 0) is 6.92 Å². The first-order valence-corrected chi connectivity index (χ1v) is 3.17. The van der Waals surface area contributed by atoms with Gasteiger partial charge in [-0.1, -0.05) is 6.92 Å². The average molecular weight is 158 g/mol. The Hall–Kier alpha value is -1.32. The van der Waals surface area contributed by atoms with Crippen molar-refractivity contribution in [1.82, 2.24) is 0 Å². The number of esters is 1. The standard InChI is InChI=1S/C7H10O4/c1-3-6(8)11-4-5(2)7(9)10/h4H,3H2,1-2H3,(H,9,10). The zero-order chi connectivity index (χ0) is 8.85. The summed E-state index contributed by atoms with van der Waals surface area (Å²) in [6, 6.07) is 0. The minimum atomic E-state index is -1.09. The normalized spacial score (nSPS) is 10.9. The molecular weight excluding hydrogens is 148 g/mol. The van der Waals surface area contributed by atoms with Crippen LogP contribution in [-0.2, 0) is 14.3 Å². The molecule has 0 saturated carbocycles. The molecule has 0 unspecified atom stereocenters. The van der Waals surface area contributed by atoms with Gasteiger partial charge in [0.1, 0.15) is 6.26 Å². The Kier molecular flexibility index (Phi) is 3.95. The molecule has 1 N–H and O–H groups in total. The smallest absolute Gasteiger partial charge is 0.334 e. The molecule has 0 spiro atoms. The molecule has 4 heteroatoms. The van der Waals surface area contributed by atoms with E-state index in [1.54, 1.807) is 6.92 Å². The van der Waals surface area contributed by atoms with E-state index < -0.39 is 11.9 Å². The quantitative estimate of drug-likeness (QED) is 0.377. The molecule has 0 saturated heterocycles. The van der Waals surface area contributed by atoms with Crippen molar-refractivity contribution in [2.24, 2.45) is 0 Å². The lowest BCUT2D eigenvalue weighted by molar-refractivity contribution is -0.137. The molecule has 4 nitrogen and oxygen atoms in total. The van der Waals surface area contributed by atoms with Crippen LogP contribution in [0.4, 0.5) is 0 Å². The number of carboxylic acids is 1. The predicted molar refractivity (Wildman–Crippen MR) is 37.8 cm³/mol. The van der Waals surface area contributed by atoms with Crippen molar-refractivity contribution in [2.45, 2.75) is 20.3 Å². The molecule has 0 fully saturated rings. The van der Waals surface area contributed by atoms with E-state index in [1.165, 1.54) is 6.92 Å². The SMILES string of the molecule is CCC(=O)OC=C(C)C(=O)O. The van der Waals surface area contributed by atoms with Gasteiger partial charge >= 0.3 is 11.9 Å². The van der Waals surface area contributed by atoms with Gasteiger partial charge in [0.15, 0.2) is 0 Å². The van der Waals surface area contributed by atoms with Gasteiger partial charge in [-0.3, -0.25) is 4.79 Å². The monoisotopic (exact) mass is 158 g/mol. The van der Waals surface area contributed by atoms with Crippen molar-refractivity contribution in [2.75, 3.05) is 0 Å². The van der Waals surface area contributed by atoms with Gasteiger partial charge < -0.3 is 9.84 Å². The molecule has 0 aliphatic heterocycles. The number of hydrogen-bond donors (Lipinski definition) is 1. The minimum absolute atomic E-state index is 0.00630. The van der Waals surface area contributed by atoms with Crippen LogP contribution >= 0.6 is 0 Å². The van der Waals surface area contributed by atoms with Gasteiger partial charge in [-0.25, -0.2) is 4.79 Å². The Morgan fingerprint density at radius 3 is 2.45 bits per heavy atom. The largest absolute Gasteiger partial charge is 0.478 e. The summed E-state index contributed by atoms with van der Waals surface area (Å²) in [5.74, 6) is -1.53. The van der Waals surface area contributed by atoms with E-state index in [4.69, 9.17) is 5.11 Å². The number of aliphatic carboxylic acids is 1. The number of ether oxygens (including phenoxy) is 1. The number of carbonyl (C=O) groups excluding carboxylic acids is 1. The van der Waals surface area contributed by atoms with Gasteiger partial charge in [-0.2, -0.15) is 0 Å². The third kappa shape index (κ3) is 4.13. The first-order chi connectivity index (χ1) is 5.07. The number of rotatable bonds is 3. The summed E-state index contributed by atoms with van der Waals surface area (Å²) in [5.41, 5.74) is 0.00630. The lowest BCUT2D eigenvalue weighted by Gasteiger charge is -1.95. The lowest BCUT2D eigenvalue weighted by Crippen LogP contribution is -2.01. The molecule has 0 heterocycles. The van der Waals surface area contributed by atoms with Crippen molar-refractivity contribution >= 4 is 11.9 Å². The van der Waals surface area contributed by atoms with Crippen LogP contribution in [0.5, 0.6) is 0 Å². The van der Waals surface area contributed by atoms with Crippen LogP contribution in [0.3, 0.4) is 0 Å². The summed E-state index contributed by atoms with van der Waals surface area (Å²) < 4.78 is 4.43. The summed E-state index contributed by atoms with van der Waals surface area (Å²) in [6.45, 7) is 2.98. The molecule has 0 aromatic rings. The zero-order valence-corrected chi connectivity index (χ0v) is 6.46. The highest BCUT2D eigenvalue weighted by atomic mass is 16.5. The Balaban J connectivity index is 3.92. The Morgan fingerprint density at radius 2 is 2.09 bits per heavy atom. The molecule has 0 aliphatic carbocycles. The fraction of sp³-hybridized carbons (Fsp3) is 0.429.